The van der Waals surface area contributed by atoms with Crippen LogP contribution in [0.25, 0.3) is 6.08 Å². The number of rotatable bonds is 4. The summed E-state index contributed by atoms with van der Waals surface area (Å²) in [6.45, 7) is 0. The predicted molar refractivity (Wildman–Crippen MR) is 60.3 cm³/mol. The summed E-state index contributed by atoms with van der Waals surface area (Å²) in [4.78, 5) is 10.4. The largest absolute Gasteiger partial charge is 0.477 e. The number of thiocarbonyl (C=S) groups is 1. The second-order valence-electron chi connectivity index (χ2n) is 2.75. The fourth-order valence-electron chi connectivity index (χ4n) is 0.954. The van der Waals surface area contributed by atoms with Crippen LogP contribution in [0.2, 0.25) is 0 Å². The van der Waals surface area contributed by atoms with Gasteiger partial charge >= 0.3 is 5.97 Å². The minimum atomic E-state index is -1.02. The Morgan fingerprint density at radius 1 is 1.36 bits per heavy atom. The van der Waals surface area contributed by atoms with E-state index in [0.717, 1.165) is 5.56 Å². The Labute approximate surface area is 87.9 Å². The Hall–Kier alpha value is -1.48. The van der Waals surface area contributed by atoms with Gasteiger partial charge in [0.25, 0.3) is 0 Å². The van der Waals surface area contributed by atoms with Gasteiger partial charge < -0.3 is 5.11 Å². The molecular weight excluding hydrogens is 196 g/mol. The van der Waals surface area contributed by atoms with Crippen LogP contribution in [0.4, 0.5) is 0 Å². The van der Waals surface area contributed by atoms with Gasteiger partial charge in [-0.05, 0) is 5.56 Å². The third kappa shape index (κ3) is 3.49. The molecule has 0 radical (unpaired) electrons. The van der Waals surface area contributed by atoms with Crippen LogP contribution >= 0.6 is 12.2 Å². The average Bonchev–Trinajstić information content (AvgIpc) is 2.19. The van der Waals surface area contributed by atoms with Gasteiger partial charge in [-0.1, -0.05) is 54.7 Å². The van der Waals surface area contributed by atoms with E-state index in [4.69, 9.17) is 5.11 Å². The van der Waals surface area contributed by atoms with Gasteiger partial charge in [0.05, 0.1) is 0 Å². The monoisotopic (exact) mass is 206 g/mol. The number of hydrogen-bond donors (Lipinski definition) is 1. The van der Waals surface area contributed by atoms with E-state index in [9.17, 15) is 4.79 Å². The Balaban J connectivity index is 2.50. The molecule has 0 saturated heterocycles. The van der Waals surface area contributed by atoms with Gasteiger partial charge in [0.1, 0.15) is 4.86 Å². The van der Waals surface area contributed by atoms with Gasteiger partial charge in [0, 0.05) is 6.42 Å². The van der Waals surface area contributed by atoms with Crippen molar-refractivity contribution >= 4 is 29.1 Å². The number of carboxylic acids is 1. The van der Waals surface area contributed by atoms with E-state index in [1.165, 1.54) is 0 Å². The maximum Gasteiger partial charge on any atom is 0.342 e. The van der Waals surface area contributed by atoms with Crippen molar-refractivity contribution in [1.29, 1.82) is 0 Å². The Bertz CT molecular complexity index is 355. The zero-order valence-electron chi connectivity index (χ0n) is 7.51. The van der Waals surface area contributed by atoms with E-state index in [0.29, 0.717) is 6.42 Å². The van der Waals surface area contributed by atoms with Gasteiger partial charge in [0.2, 0.25) is 0 Å². The number of hydrogen-bond acceptors (Lipinski definition) is 2. The molecule has 1 aromatic rings. The quantitative estimate of drug-likeness (QED) is 0.769. The highest BCUT2D eigenvalue weighted by Crippen LogP contribution is 2.02. The number of carboxylic acid groups (broad SMARTS) is 1. The first-order valence-electron chi connectivity index (χ1n) is 4.18. The summed E-state index contributed by atoms with van der Waals surface area (Å²) in [7, 11) is 0. The summed E-state index contributed by atoms with van der Waals surface area (Å²) in [5, 5.41) is 8.50. The molecule has 1 aromatic carbocycles. The number of aliphatic carboxylic acids is 1. The third-order valence-electron chi connectivity index (χ3n) is 1.65. The predicted octanol–water partition coefficient (Wildman–Crippen LogP) is 2.54. The van der Waals surface area contributed by atoms with Gasteiger partial charge in [0.15, 0.2) is 0 Å². The Morgan fingerprint density at radius 2 is 2.00 bits per heavy atom. The highest BCUT2D eigenvalue weighted by Gasteiger charge is 2.02. The molecule has 14 heavy (non-hydrogen) atoms. The van der Waals surface area contributed by atoms with E-state index < -0.39 is 5.97 Å². The van der Waals surface area contributed by atoms with Gasteiger partial charge in [-0.25, -0.2) is 4.79 Å². The van der Waals surface area contributed by atoms with Gasteiger partial charge in [-0.15, -0.1) is 0 Å². The molecule has 2 nitrogen and oxygen atoms in total. The second-order valence-corrected chi connectivity index (χ2v) is 3.24. The molecule has 0 aliphatic carbocycles. The van der Waals surface area contributed by atoms with Crippen LogP contribution in [0.1, 0.15) is 12.0 Å². The minimum absolute atomic E-state index is 0.0391. The molecule has 0 saturated carbocycles. The van der Waals surface area contributed by atoms with E-state index in [1.807, 2.05) is 36.4 Å². The van der Waals surface area contributed by atoms with E-state index in [1.54, 1.807) is 6.08 Å². The molecule has 0 unspecified atom stereocenters. The zero-order chi connectivity index (χ0) is 10.4. The van der Waals surface area contributed by atoms with Crippen molar-refractivity contribution in [3.05, 3.63) is 42.0 Å². The highest BCUT2D eigenvalue weighted by molar-refractivity contribution is 7.82. The topological polar surface area (TPSA) is 37.3 Å². The van der Waals surface area contributed by atoms with Crippen molar-refractivity contribution in [2.24, 2.45) is 0 Å². The van der Waals surface area contributed by atoms with Gasteiger partial charge in [-0.2, -0.15) is 0 Å². The van der Waals surface area contributed by atoms with E-state index >= 15 is 0 Å². The summed E-state index contributed by atoms with van der Waals surface area (Å²) in [5.74, 6) is -1.02. The van der Waals surface area contributed by atoms with Crippen molar-refractivity contribution in [1.82, 2.24) is 0 Å². The Kier molecular flexibility index (Phi) is 4.01. The molecule has 0 aromatic heterocycles. The molecule has 0 aliphatic heterocycles. The maximum absolute atomic E-state index is 10.4. The molecule has 0 bridgehead atoms. The first kappa shape index (κ1) is 10.6. The minimum Gasteiger partial charge on any atom is -0.477 e. The molecule has 0 aliphatic rings. The SMILES string of the molecule is O=C(O)C(=S)C/C=C/c1ccccc1. The molecule has 1 rings (SSSR count). The van der Waals surface area contributed by atoms with Crippen molar-refractivity contribution in [3.8, 4) is 0 Å². The molecule has 72 valence electrons. The molecule has 0 spiro atoms. The number of benzene rings is 1. The lowest BCUT2D eigenvalue weighted by Crippen LogP contribution is -2.07. The smallest absolute Gasteiger partial charge is 0.342 e. The van der Waals surface area contributed by atoms with Crippen LogP contribution in [0, 0.1) is 0 Å². The van der Waals surface area contributed by atoms with E-state index in [2.05, 4.69) is 12.2 Å². The molecule has 1 N–H and O–H groups in total. The average molecular weight is 206 g/mol. The fraction of sp³-hybridized carbons (Fsp3) is 0.0909. The zero-order valence-corrected chi connectivity index (χ0v) is 8.33. The van der Waals surface area contributed by atoms with Crippen molar-refractivity contribution in [2.75, 3.05) is 0 Å². The normalized spacial score (nSPS) is 10.3. The number of allylic oxidation sites excluding steroid dienone is 1. The molecule has 0 atom stereocenters. The van der Waals surface area contributed by atoms with Crippen LogP contribution in [0.3, 0.4) is 0 Å². The second kappa shape index (κ2) is 5.29. The van der Waals surface area contributed by atoms with Crippen molar-refractivity contribution in [3.63, 3.8) is 0 Å². The fourth-order valence-corrected chi connectivity index (χ4v) is 1.05. The van der Waals surface area contributed by atoms with Crippen LogP contribution in [0.15, 0.2) is 36.4 Å². The standard InChI is InChI=1S/C11H10O2S/c12-11(13)10(14)8-4-7-9-5-2-1-3-6-9/h1-7H,8H2,(H,12,13)/b7-4+. The lowest BCUT2D eigenvalue weighted by atomic mass is 10.2. The summed E-state index contributed by atoms with van der Waals surface area (Å²) < 4.78 is 0. The maximum atomic E-state index is 10.4. The van der Waals surface area contributed by atoms with Crippen molar-refractivity contribution in [2.45, 2.75) is 6.42 Å². The molecular formula is C11H10O2S. The lowest BCUT2D eigenvalue weighted by molar-refractivity contribution is -0.129. The van der Waals surface area contributed by atoms with Crippen molar-refractivity contribution < 1.29 is 9.90 Å². The summed E-state index contributed by atoms with van der Waals surface area (Å²) in [5.41, 5.74) is 1.04. The lowest BCUT2D eigenvalue weighted by Gasteiger charge is -1.92. The van der Waals surface area contributed by atoms with Crippen LogP contribution in [0.5, 0.6) is 0 Å². The third-order valence-corrected chi connectivity index (χ3v) is 1.99. The molecule has 0 amide bonds. The molecule has 0 fully saturated rings. The van der Waals surface area contributed by atoms with Crippen LogP contribution < -0.4 is 0 Å². The van der Waals surface area contributed by atoms with Crippen LogP contribution in [-0.4, -0.2) is 15.9 Å². The molecule has 3 heteroatoms. The first-order valence-corrected chi connectivity index (χ1v) is 4.58. The summed E-state index contributed by atoms with van der Waals surface area (Å²) in [6.07, 6.45) is 3.92. The number of carbonyl (C=O) groups is 1. The summed E-state index contributed by atoms with van der Waals surface area (Å²) >= 11 is 4.64. The first-order chi connectivity index (χ1) is 6.70. The summed E-state index contributed by atoms with van der Waals surface area (Å²) in [6, 6.07) is 9.67. The van der Waals surface area contributed by atoms with E-state index in [-0.39, 0.29) is 4.86 Å². The van der Waals surface area contributed by atoms with Gasteiger partial charge in [-0.3, -0.25) is 0 Å². The Morgan fingerprint density at radius 3 is 2.57 bits per heavy atom. The highest BCUT2D eigenvalue weighted by atomic mass is 32.1. The van der Waals surface area contributed by atoms with Crippen LogP contribution in [-0.2, 0) is 4.79 Å². The molecule has 0 heterocycles.